The molecule has 0 aliphatic rings. The fourth-order valence-electron chi connectivity index (χ4n) is 3.86. The van der Waals surface area contributed by atoms with Crippen molar-refractivity contribution >= 4 is 5.91 Å². The zero-order chi connectivity index (χ0) is 25.0. The van der Waals surface area contributed by atoms with E-state index in [2.05, 4.69) is 35.9 Å². The molecule has 2 aromatic heterocycles. The number of benzene rings is 2. The summed E-state index contributed by atoms with van der Waals surface area (Å²) in [5.74, 6) is 1.03. The molecule has 182 valence electrons. The number of H-pyrrole nitrogens is 2. The third kappa shape index (κ3) is 5.46. The van der Waals surface area contributed by atoms with E-state index < -0.39 is 11.5 Å². The van der Waals surface area contributed by atoms with Crippen LogP contribution in [0.25, 0.3) is 22.5 Å². The van der Waals surface area contributed by atoms with Crippen LogP contribution in [0.4, 0.5) is 0 Å². The van der Waals surface area contributed by atoms with Crippen LogP contribution in [0.2, 0.25) is 0 Å². The summed E-state index contributed by atoms with van der Waals surface area (Å²) in [7, 11) is 0. The first kappa shape index (κ1) is 24.3. The monoisotopic (exact) mass is 473 g/mol. The Morgan fingerprint density at radius 2 is 1.80 bits per heavy atom. The van der Waals surface area contributed by atoms with Gasteiger partial charge in [-0.2, -0.15) is 0 Å². The lowest BCUT2D eigenvalue weighted by atomic mass is 9.86. The molecule has 1 unspecified atom stereocenters. The van der Waals surface area contributed by atoms with Crippen molar-refractivity contribution in [3.8, 4) is 22.5 Å². The normalized spacial score (nSPS) is 12.5. The third-order valence-corrected chi connectivity index (χ3v) is 5.82. The van der Waals surface area contributed by atoms with Gasteiger partial charge in [0.1, 0.15) is 23.3 Å². The average Bonchev–Trinajstić information content (AvgIpc) is 3.53. The molecule has 0 fully saturated rings. The molecule has 9 nitrogen and oxygen atoms in total. The van der Waals surface area contributed by atoms with E-state index in [9.17, 15) is 9.90 Å². The highest BCUT2D eigenvalue weighted by atomic mass is 16.3. The van der Waals surface area contributed by atoms with Crippen LogP contribution < -0.4 is 5.32 Å². The average molecular weight is 474 g/mol. The molecule has 0 spiro atoms. The Kier molecular flexibility index (Phi) is 7.07. The topological polar surface area (TPSA) is 132 Å². The number of aryl methyl sites for hydroxylation is 1. The molecule has 0 aliphatic carbocycles. The number of imidazole rings is 1. The number of hydrogen-bond donors (Lipinski definition) is 4. The fourth-order valence-corrected chi connectivity index (χ4v) is 3.86. The van der Waals surface area contributed by atoms with Crippen LogP contribution in [0.1, 0.15) is 67.8 Å². The fraction of sp³-hybridized carbons (Fsp3) is 0.346. The predicted molar refractivity (Wildman–Crippen MR) is 133 cm³/mol. The van der Waals surface area contributed by atoms with E-state index in [1.165, 1.54) is 0 Å². The maximum atomic E-state index is 13.0. The summed E-state index contributed by atoms with van der Waals surface area (Å²) in [5, 5.41) is 27.9. The molecule has 1 atom stereocenters. The van der Waals surface area contributed by atoms with Crippen LogP contribution in [0.5, 0.6) is 0 Å². The van der Waals surface area contributed by atoms with E-state index in [0.29, 0.717) is 36.0 Å². The molecule has 1 amide bonds. The first-order chi connectivity index (χ1) is 16.8. The van der Waals surface area contributed by atoms with Gasteiger partial charge in [-0.1, -0.05) is 76.2 Å². The predicted octanol–water partition coefficient (Wildman–Crippen LogP) is 4.22. The molecule has 4 rings (SSSR count). The Labute approximate surface area is 204 Å². The van der Waals surface area contributed by atoms with Gasteiger partial charge >= 0.3 is 0 Å². The summed E-state index contributed by atoms with van der Waals surface area (Å²) in [4.78, 5) is 20.7. The van der Waals surface area contributed by atoms with Gasteiger partial charge < -0.3 is 15.4 Å². The summed E-state index contributed by atoms with van der Waals surface area (Å²) in [6.07, 6.45) is 0.746. The van der Waals surface area contributed by atoms with Gasteiger partial charge in [0.2, 0.25) is 0 Å². The van der Waals surface area contributed by atoms with Crippen molar-refractivity contribution < 1.29 is 9.90 Å². The Hall–Kier alpha value is -3.85. The SMILES string of the molecule is CCCc1nc(C(O)C(C)(C)C)c(C(=O)NCc2ccc(-c3ccccc3-c3nnn[nH]3)cc2)[nH]1. The summed E-state index contributed by atoms with van der Waals surface area (Å²) >= 11 is 0. The van der Waals surface area contributed by atoms with E-state index in [1.54, 1.807) is 0 Å². The molecule has 0 radical (unpaired) electrons. The second-order valence-electron chi connectivity index (χ2n) is 9.64. The molecule has 0 bridgehead atoms. The molecular formula is C26H31N7O2. The number of rotatable bonds is 8. The number of amides is 1. The lowest BCUT2D eigenvalue weighted by Crippen LogP contribution is -2.27. The number of carbonyl (C=O) groups is 1. The maximum Gasteiger partial charge on any atom is 0.270 e. The molecule has 0 saturated heterocycles. The highest BCUT2D eigenvalue weighted by Gasteiger charge is 2.31. The second-order valence-corrected chi connectivity index (χ2v) is 9.64. The molecule has 9 heteroatoms. The molecule has 0 saturated carbocycles. The Morgan fingerprint density at radius 3 is 2.43 bits per heavy atom. The molecule has 4 aromatic rings. The Balaban J connectivity index is 1.49. The quantitative estimate of drug-likeness (QED) is 0.303. The van der Waals surface area contributed by atoms with E-state index in [0.717, 1.165) is 28.7 Å². The van der Waals surface area contributed by atoms with Crippen LogP contribution in [0.15, 0.2) is 48.5 Å². The van der Waals surface area contributed by atoms with E-state index in [1.807, 2.05) is 76.2 Å². The second kappa shape index (κ2) is 10.2. The van der Waals surface area contributed by atoms with Gasteiger partial charge in [-0.25, -0.2) is 10.1 Å². The number of aromatic nitrogens is 6. The van der Waals surface area contributed by atoms with Crippen LogP contribution in [-0.2, 0) is 13.0 Å². The minimum Gasteiger partial charge on any atom is -0.386 e. The van der Waals surface area contributed by atoms with E-state index >= 15 is 0 Å². The van der Waals surface area contributed by atoms with Gasteiger partial charge in [-0.05, 0) is 39.0 Å². The molecule has 4 N–H and O–H groups in total. The first-order valence-electron chi connectivity index (χ1n) is 11.8. The van der Waals surface area contributed by atoms with Crippen molar-refractivity contribution in [2.24, 2.45) is 5.41 Å². The molecule has 0 aliphatic heterocycles. The number of aliphatic hydroxyl groups is 1. The minimum absolute atomic E-state index is 0.287. The van der Waals surface area contributed by atoms with Crippen molar-refractivity contribution in [1.82, 2.24) is 35.9 Å². The number of nitrogens with zero attached hydrogens (tertiary/aromatic N) is 4. The van der Waals surface area contributed by atoms with E-state index in [-0.39, 0.29) is 5.91 Å². The smallest absolute Gasteiger partial charge is 0.270 e. The number of aromatic amines is 2. The summed E-state index contributed by atoms with van der Waals surface area (Å²) in [5.41, 5.74) is 4.15. The van der Waals surface area contributed by atoms with Crippen LogP contribution >= 0.6 is 0 Å². The number of aliphatic hydroxyl groups excluding tert-OH is 1. The van der Waals surface area contributed by atoms with Crippen molar-refractivity contribution in [3.05, 3.63) is 71.3 Å². The van der Waals surface area contributed by atoms with Crippen molar-refractivity contribution in [2.45, 2.75) is 53.2 Å². The van der Waals surface area contributed by atoms with Crippen molar-refractivity contribution in [3.63, 3.8) is 0 Å². The number of tetrazole rings is 1. The zero-order valence-corrected chi connectivity index (χ0v) is 20.5. The largest absolute Gasteiger partial charge is 0.386 e. The van der Waals surface area contributed by atoms with Crippen LogP contribution in [0, 0.1) is 5.41 Å². The summed E-state index contributed by atoms with van der Waals surface area (Å²) < 4.78 is 0. The van der Waals surface area contributed by atoms with Crippen molar-refractivity contribution in [1.29, 1.82) is 0 Å². The standard InChI is InChI=1S/C26H31N7O2/c1-5-8-20-28-21(23(34)26(2,3)4)22(29-20)25(35)27-15-16-11-13-17(14-12-16)18-9-6-7-10-19(18)24-30-32-33-31-24/h6-7,9-14,23,34H,5,8,15H2,1-4H3,(H,27,35)(H,28,29)(H,30,31,32,33). The highest BCUT2D eigenvalue weighted by molar-refractivity contribution is 5.93. The maximum absolute atomic E-state index is 13.0. The Bertz CT molecular complexity index is 1270. The Morgan fingerprint density at radius 1 is 1.09 bits per heavy atom. The highest BCUT2D eigenvalue weighted by Crippen LogP contribution is 2.33. The van der Waals surface area contributed by atoms with Gasteiger partial charge in [0.25, 0.3) is 5.91 Å². The van der Waals surface area contributed by atoms with Gasteiger partial charge in [-0.3, -0.25) is 4.79 Å². The number of nitrogens with one attached hydrogen (secondary N) is 3. The third-order valence-electron chi connectivity index (χ3n) is 5.82. The van der Waals surface area contributed by atoms with E-state index in [4.69, 9.17) is 0 Å². The summed E-state index contributed by atoms with van der Waals surface area (Å²) in [6, 6.07) is 15.9. The van der Waals surface area contributed by atoms with Crippen LogP contribution in [0.3, 0.4) is 0 Å². The molecule has 2 heterocycles. The molecule has 35 heavy (non-hydrogen) atoms. The number of hydrogen-bond acceptors (Lipinski definition) is 6. The minimum atomic E-state index is -0.857. The lowest BCUT2D eigenvalue weighted by Gasteiger charge is -2.25. The zero-order valence-electron chi connectivity index (χ0n) is 20.5. The lowest BCUT2D eigenvalue weighted by molar-refractivity contribution is 0.0575. The van der Waals surface area contributed by atoms with Gasteiger partial charge in [-0.15, -0.1) is 5.10 Å². The van der Waals surface area contributed by atoms with Crippen molar-refractivity contribution in [2.75, 3.05) is 0 Å². The molecular weight excluding hydrogens is 442 g/mol. The first-order valence-corrected chi connectivity index (χ1v) is 11.8. The van der Waals surface area contributed by atoms with Crippen LogP contribution in [-0.4, -0.2) is 41.6 Å². The van der Waals surface area contributed by atoms with Gasteiger partial charge in [0.15, 0.2) is 5.82 Å². The molecule has 2 aromatic carbocycles. The summed E-state index contributed by atoms with van der Waals surface area (Å²) in [6.45, 7) is 8.16. The number of carbonyl (C=O) groups excluding carboxylic acids is 1. The van der Waals surface area contributed by atoms with Gasteiger partial charge in [0.05, 0.1) is 0 Å². The van der Waals surface area contributed by atoms with Gasteiger partial charge in [0, 0.05) is 18.5 Å².